The van der Waals surface area contributed by atoms with Crippen LogP contribution in [-0.4, -0.2) is 32.6 Å². The molecule has 0 aliphatic heterocycles. The SMILES string of the molecule is CCc1c(-c2cccc(C(=O)N(C)Cc3ccncc3C)c2)cnn1C. The van der Waals surface area contributed by atoms with E-state index in [0.29, 0.717) is 12.1 Å². The summed E-state index contributed by atoms with van der Waals surface area (Å²) >= 11 is 0. The van der Waals surface area contributed by atoms with Crippen molar-refractivity contribution in [3.05, 3.63) is 71.3 Å². The average molecular weight is 348 g/mol. The molecule has 134 valence electrons. The standard InChI is InChI=1S/C21H24N4O/c1-5-20-19(13-23-25(20)4)16-7-6-8-17(11-16)21(26)24(3)14-18-9-10-22-12-15(18)2/h6-13H,5,14H2,1-4H3. The van der Waals surface area contributed by atoms with E-state index in [1.54, 1.807) is 11.1 Å². The lowest BCUT2D eigenvalue weighted by Gasteiger charge is -2.19. The molecule has 5 heteroatoms. The zero-order valence-electron chi connectivity index (χ0n) is 15.7. The summed E-state index contributed by atoms with van der Waals surface area (Å²) < 4.78 is 1.89. The fourth-order valence-corrected chi connectivity index (χ4v) is 3.17. The van der Waals surface area contributed by atoms with Gasteiger partial charge in [0.15, 0.2) is 0 Å². The fraction of sp³-hybridized carbons (Fsp3) is 0.286. The minimum Gasteiger partial charge on any atom is -0.337 e. The van der Waals surface area contributed by atoms with Crippen molar-refractivity contribution in [3.63, 3.8) is 0 Å². The Bertz CT molecular complexity index is 929. The van der Waals surface area contributed by atoms with Crippen LogP contribution in [0.2, 0.25) is 0 Å². The minimum absolute atomic E-state index is 0.00463. The molecule has 1 amide bonds. The average Bonchev–Trinajstić information content (AvgIpc) is 3.03. The lowest BCUT2D eigenvalue weighted by Crippen LogP contribution is -2.26. The van der Waals surface area contributed by atoms with E-state index in [2.05, 4.69) is 17.0 Å². The molecule has 26 heavy (non-hydrogen) atoms. The molecule has 0 saturated heterocycles. The monoisotopic (exact) mass is 348 g/mol. The van der Waals surface area contributed by atoms with Gasteiger partial charge in [-0.15, -0.1) is 0 Å². The van der Waals surface area contributed by atoms with E-state index < -0.39 is 0 Å². The molecule has 0 saturated carbocycles. The smallest absolute Gasteiger partial charge is 0.253 e. The molecule has 0 spiro atoms. The second-order valence-corrected chi connectivity index (χ2v) is 6.53. The zero-order chi connectivity index (χ0) is 18.7. The van der Waals surface area contributed by atoms with Gasteiger partial charge in [-0.2, -0.15) is 5.10 Å². The molecule has 3 rings (SSSR count). The lowest BCUT2D eigenvalue weighted by molar-refractivity contribution is 0.0785. The first-order valence-corrected chi connectivity index (χ1v) is 8.77. The number of carbonyl (C=O) groups is 1. The molecular weight excluding hydrogens is 324 g/mol. The van der Waals surface area contributed by atoms with Crippen LogP contribution in [-0.2, 0) is 20.0 Å². The Labute approximate surface area is 154 Å². The first-order valence-electron chi connectivity index (χ1n) is 8.77. The van der Waals surface area contributed by atoms with Gasteiger partial charge in [0.05, 0.1) is 6.20 Å². The molecule has 2 heterocycles. The van der Waals surface area contributed by atoms with Crippen molar-refractivity contribution in [1.82, 2.24) is 19.7 Å². The number of rotatable bonds is 5. The molecule has 3 aromatic rings. The molecular formula is C21H24N4O. The largest absolute Gasteiger partial charge is 0.337 e. The summed E-state index contributed by atoms with van der Waals surface area (Å²) in [5.74, 6) is 0.00463. The van der Waals surface area contributed by atoms with Gasteiger partial charge in [-0.3, -0.25) is 14.5 Å². The number of hydrogen-bond donors (Lipinski definition) is 0. The Morgan fingerprint density at radius 1 is 1.23 bits per heavy atom. The summed E-state index contributed by atoms with van der Waals surface area (Å²) in [5, 5.41) is 4.35. The van der Waals surface area contributed by atoms with E-state index in [0.717, 1.165) is 34.4 Å². The Balaban J connectivity index is 1.85. The first-order chi connectivity index (χ1) is 12.5. The van der Waals surface area contributed by atoms with Crippen LogP contribution in [0.25, 0.3) is 11.1 Å². The van der Waals surface area contributed by atoms with Crippen LogP contribution in [0, 0.1) is 6.92 Å². The highest BCUT2D eigenvalue weighted by Gasteiger charge is 2.15. The van der Waals surface area contributed by atoms with E-state index in [1.165, 1.54) is 0 Å². The number of nitrogens with zero attached hydrogens (tertiary/aromatic N) is 4. The molecule has 0 bridgehead atoms. The van der Waals surface area contributed by atoms with Crippen LogP contribution >= 0.6 is 0 Å². The topological polar surface area (TPSA) is 51.0 Å². The number of aromatic nitrogens is 3. The van der Waals surface area contributed by atoms with Crippen molar-refractivity contribution >= 4 is 5.91 Å². The van der Waals surface area contributed by atoms with Crippen molar-refractivity contribution in [2.45, 2.75) is 26.8 Å². The molecule has 0 aliphatic carbocycles. The van der Waals surface area contributed by atoms with E-state index in [4.69, 9.17) is 0 Å². The lowest BCUT2D eigenvalue weighted by atomic mass is 10.0. The predicted molar refractivity (Wildman–Crippen MR) is 103 cm³/mol. The van der Waals surface area contributed by atoms with E-state index in [-0.39, 0.29) is 5.91 Å². The van der Waals surface area contributed by atoms with Crippen LogP contribution < -0.4 is 0 Å². The maximum absolute atomic E-state index is 12.9. The maximum Gasteiger partial charge on any atom is 0.253 e. The van der Waals surface area contributed by atoms with E-state index >= 15 is 0 Å². The van der Waals surface area contributed by atoms with Crippen molar-refractivity contribution in [1.29, 1.82) is 0 Å². The number of hydrogen-bond acceptors (Lipinski definition) is 3. The van der Waals surface area contributed by atoms with Crippen LogP contribution in [0.3, 0.4) is 0 Å². The molecule has 0 radical (unpaired) electrons. The summed E-state index contributed by atoms with van der Waals surface area (Å²) in [6, 6.07) is 9.73. The normalized spacial score (nSPS) is 10.8. The molecule has 0 fully saturated rings. The Hall–Kier alpha value is -2.95. The fourth-order valence-electron chi connectivity index (χ4n) is 3.17. The quantitative estimate of drug-likeness (QED) is 0.707. The second-order valence-electron chi connectivity index (χ2n) is 6.53. The number of benzene rings is 1. The molecule has 0 atom stereocenters. The summed E-state index contributed by atoms with van der Waals surface area (Å²) in [7, 11) is 3.78. The molecule has 5 nitrogen and oxygen atoms in total. The van der Waals surface area contributed by atoms with Gasteiger partial charge < -0.3 is 4.90 Å². The minimum atomic E-state index is 0.00463. The van der Waals surface area contributed by atoms with Gasteiger partial charge in [0, 0.05) is 49.9 Å². The van der Waals surface area contributed by atoms with Crippen LogP contribution in [0.15, 0.2) is 48.9 Å². The van der Waals surface area contributed by atoms with E-state index in [9.17, 15) is 4.79 Å². The van der Waals surface area contributed by atoms with Gasteiger partial charge >= 0.3 is 0 Å². The summed E-state index contributed by atoms with van der Waals surface area (Å²) in [6.07, 6.45) is 6.34. The van der Waals surface area contributed by atoms with Gasteiger partial charge in [0.1, 0.15) is 0 Å². The van der Waals surface area contributed by atoms with E-state index in [1.807, 2.05) is 68.4 Å². The van der Waals surface area contributed by atoms with Crippen molar-refractivity contribution in [2.75, 3.05) is 7.05 Å². The second kappa shape index (κ2) is 7.52. The Morgan fingerprint density at radius 2 is 2.04 bits per heavy atom. The maximum atomic E-state index is 12.9. The number of amides is 1. The van der Waals surface area contributed by atoms with Crippen LogP contribution in [0.4, 0.5) is 0 Å². The third-order valence-electron chi connectivity index (χ3n) is 4.71. The van der Waals surface area contributed by atoms with Crippen molar-refractivity contribution in [3.8, 4) is 11.1 Å². The van der Waals surface area contributed by atoms with Crippen LogP contribution in [0.1, 0.15) is 34.1 Å². The zero-order valence-corrected chi connectivity index (χ0v) is 15.7. The van der Waals surface area contributed by atoms with Crippen molar-refractivity contribution < 1.29 is 4.79 Å². The predicted octanol–water partition coefficient (Wildman–Crippen LogP) is 3.63. The summed E-state index contributed by atoms with van der Waals surface area (Å²) in [4.78, 5) is 18.7. The van der Waals surface area contributed by atoms with Gasteiger partial charge in [0.25, 0.3) is 5.91 Å². The summed E-state index contributed by atoms with van der Waals surface area (Å²) in [6.45, 7) is 4.68. The third kappa shape index (κ3) is 3.52. The number of pyridine rings is 1. The van der Waals surface area contributed by atoms with Crippen molar-refractivity contribution in [2.24, 2.45) is 7.05 Å². The number of carbonyl (C=O) groups excluding carboxylic acids is 1. The molecule has 0 N–H and O–H groups in total. The van der Waals surface area contributed by atoms with Gasteiger partial charge in [-0.05, 0) is 48.2 Å². The highest BCUT2D eigenvalue weighted by Crippen LogP contribution is 2.25. The van der Waals surface area contributed by atoms with Gasteiger partial charge in [0.2, 0.25) is 0 Å². The number of aryl methyl sites for hydroxylation is 2. The summed E-state index contributed by atoms with van der Waals surface area (Å²) in [5.41, 5.74) is 6.14. The third-order valence-corrected chi connectivity index (χ3v) is 4.71. The molecule has 0 aliphatic rings. The highest BCUT2D eigenvalue weighted by molar-refractivity contribution is 5.95. The molecule has 1 aromatic carbocycles. The molecule has 0 unspecified atom stereocenters. The Morgan fingerprint density at radius 3 is 2.77 bits per heavy atom. The Kier molecular flexibility index (Phi) is 5.16. The molecule has 2 aromatic heterocycles. The highest BCUT2D eigenvalue weighted by atomic mass is 16.2. The van der Waals surface area contributed by atoms with Crippen LogP contribution in [0.5, 0.6) is 0 Å². The van der Waals surface area contributed by atoms with Gasteiger partial charge in [-0.25, -0.2) is 0 Å². The van der Waals surface area contributed by atoms with Gasteiger partial charge in [-0.1, -0.05) is 19.1 Å². The first kappa shape index (κ1) is 17.9.